The number of nitrogens with one attached hydrogen (secondary N) is 1. The topological polar surface area (TPSA) is 17.0 Å². The number of thiophene rings is 1. The van der Waals surface area contributed by atoms with E-state index in [4.69, 9.17) is 0 Å². The molecular formula is C16H24N2S. The first kappa shape index (κ1) is 14.4. The summed E-state index contributed by atoms with van der Waals surface area (Å²) in [6, 6.07) is 4.99. The highest BCUT2D eigenvalue weighted by atomic mass is 32.1. The molecule has 2 aromatic rings. The monoisotopic (exact) mass is 276 g/mol. The Hall–Kier alpha value is -1.06. The van der Waals surface area contributed by atoms with E-state index in [2.05, 4.69) is 63.7 Å². The zero-order valence-electron chi connectivity index (χ0n) is 12.8. The smallest absolute Gasteiger partial charge is 0.0305 e. The van der Waals surface area contributed by atoms with Gasteiger partial charge in [-0.15, -0.1) is 11.3 Å². The predicted molar refractivity (Wildman–Crippen MR) is 83.9 cm³/mol. The highest BCUT2D eigenvalue weighted by molar-refractivity contribution is 7.12. The molecule has 0 aromatic carbocycles. The molecule has 0 amide bonds. The van der Waals surface area contributed by atoms with Gasteiger partial charge >= 0.3 is 0 Å². The summed E-state index contributed by atoms with van der Waals surface area (Å²) in [4.78, 5) is 2.83. The van der Waals surface area contributed by atoms with Gasteiger partial charge in [-0.1, -0.05) is 0 Å². The highest BCUT2D eigenvalue weighted by Crippen LogP contribution is 2.26. The average molecular weight is 276 g/mol. The molecule has 0 aliphatic rings. The van der Waals surface area contributed by atoms with Gasteiger partial charge in [-0.25, -0.2) is 0 Å². The van der Waals surface area contributed by atoms with Gasteiger partial charge < -0.3 is 9.88 Å². The Kier molecular flexibility index (Phi) is 4.16. The average Bonchev–Trinajstić information content (AvgIpc) is 2.81. The fraction of sp³-hybridized carbons (Fsp3) is 0.500. The molecule has 0 radical (unpaired) electrons. The molecule has 0 spiro atoms. The number of aromatic nitrogens is 1. The quantitative estimate of drug-likeness (QED) is 0.887. The van der Waals surface area contributed by atoms with Gasteiger partial charge in [0.05, 0.1) is 0 Å². The molecule has 0 bridgehead atoms. The third-order valence-electron chi connectivity index (χ3n) is 4.02. The first-order valence-electron chi connectivity index (χ1n) is 6.82. The van der Waals surface area contributed by atoms with Crippen LogP contribution in [0.5, 0.6) is 0 Å². The van der Waals surface area contributed by atoms with Gasteiger partial charge in [-0.05, 0) is 57.9 Å². The lowest BCUT2D eigenvalue weighted by molar-refractivity contribution is 0.572. The van der Waals surface area contributed by atoms with Gasteiger partial charge in [0.15, 0.2) is 0 Å². The molecule has 19 heavy (non-hydrogen) atoms. The minimum absolute atomic E-state index is 0.407. The summed E-state index contributed by atoms with van der Waals surface area (Å²) in [5.41, 5.74) is 5.52. The van der Waals surface area contributed by atoms with E-state index in [0.29, 0.717) is 6.04 Å². The summed E-state index contributed by atoms with van der Waals surface area (Å²) in [6.45, 7) is 11.9. The Morgan fingerprint density at radius 3 is 2.37 bits per heavy atom. The van der Waals surface area contributed by atoms with Crippen molar-refractivity contribution in [1.29, 1.82) is 0 Å². The Morgan fingerprint density at radius 2 is 1.89 bits per heavy atom. The molecule has 2 nitrogen and oxygen atoms in total. The zero-order valence-corrected chi connectivity index (χ0v) is 13.6. The summed E-state index contributed by atoms with van der Waals surface area (Å²) >= 11 is 1.88. The van der Waals surface area contributed by atoms with E-state index in [9.17, 15) is 0 Å². The molecule has 2 rings (SSSR count). The Balaban J connectivity index is 2.06. The first-order chi connectivity index (χ1) is 8.90. The second-order valence-corrected chi connectivity index (χ2v) is 6.89. The molecular weight excluding hydrogens is 252 g/mol. The number of nitrogens with zero attached hydrogens (tertiary/aromatic N) is 1. The van der Waals surface area contributed by atoms with Gasteiger partial charge in [-0.2, -0.15) is 0 Å². The van der Waals surface area contributed by atoms with Crippen molar-refractivity contribution in [3.63, 3.8) is 0 Å². The van der Waals surface area contributed by atoms with Crippen molar-refractivity contribution in [2.45, 2.75) is 47.2 Å². The fourth-order valence-corrected chi connectivity index (χ4v) is 3.59. The van der Waals surface area contributed by atoms with Crippen molar-refractivity contribution >= 4 is 11.3 Å². The summed E-state index contributed by atoms with van der Waals surface area (Å²) < 4.78 is 2.25. The van der Waals surface area contributed by atoms with Crippen molar-refractivity contribution in [2.24, 2.45) is 7.05 Å². The lowest BCUT2D eigenvalue weighted by Gasteiger charge is -2.14. The normalized spacial score (nSPS) is 12.9. The third kappa shape index (κ3) is 2.93. The number of hydrogen-bond donors (Lipinski definition) is 1. The number of rotatable bonds is 4. The van der Waals surface area contributed by atoms with Crippen LogP contribution in [0.2, 0.25) is 0 Å². The van der Waals surface area contributed by atoms with Crippen LogP contribution in [0.3, 0.4) is 0 Å². The van der Waals surface area contributed by atoms with Gasteiger partial charge in [-0.3, -0.25) is 0 Å². The summed E-state index contributed by atoms with van der Waals surface area (Å²) in [6.07, 6.45) is 0. The van der Waals surface area contributed by atoms with Crippen molar-refractivity contribution in [3.8, 4) is 0 Å². The number of aryl methyl sites for hydroxylation is 3. The molecule has 1 atom stereocenters. The molecule has 2 heterocycles. The standard InChI is InChI=1S/C16H24N2S/c1-10-7-15(13(4)18(10)6)9-17-12(3)16-8-11(2)19-14(16)5/h7-8,12,17H,9H2,1-6H3. The summed E-state index contributed by atoms with van der Waals surface area (Å²) in [5, 5.41) is 3.64. The summed E-state index contributed by atoms with van der Waals surface area (Å²) in [5.74, 6) is 0. The zero-order chi connectivity index (χ0) is 14.2. The Morgan fingerprint density at radius 1 is 1.21 bits per heavy atom. The lowest BCUT2D eigenvalue weighted by atomic mass is 10.1. The van der Waals surface area contributed by atoms with Crippen LogP contribution in [0, 0.1) is 27.7 Å². The Labute approximate surface area is 120 Å². The Bertz CT molecular complexity index is 578. The van der Waals surface area contributed by atoms with E-state index in [-0.39, 0.29) is 0 Å². The molecule has 2 aromatic heterocycles. The van der Waals surface area contributed by atoms with Crippen molar-refractivity contribution in [3.05, 3.63) is 44.4 Å². The van der Waals surface area contributed by atoms with E-state index in [0.717, 1.165) is 6.54 Å². The van der Waals surface area contributed by atoms with Crippen molar-refractivity contribution in [2.75, 3.05) is 0 Å². The predicted octanol–water partition coefficient (Wildman–Crippen LogP) is 4.17. The van der Waals surface area contributed by atoms with Crippen molar-refractivity contribution < 1.29 is 0 Å². The van der Waals surface area contributed by atoms with Crippen LogP contribution in [0.1, 0.15) is 45.2 Å². The van der Waals surface area contributed by atoms with Gasteiger partial charge in [0.25, 0.3) is 0 Å². The van der Waals surface area contributed by atoms with E-state index in [1.54, 1.807) is 0 Å². The van der Waals surface area contributed by atoms with Crippen LogP contribution in [0.4, 0.5) is 0 Å². The first-order valence-corrected chi connectivity index (χ1v) is 7.64. The van der Waals surface area contributed by atoms with E-state index in [1.165, 1.54) is 32.3 Å². The van der Waals surface area contributed by atoms with E-state index in [1.807, 2.05) is 11.3 Å². The molecule has 1 unspecified atom stereocenters. The second kappa shape index (κ2) is 5.51. The van der Waals surface area contributed by atoms with Crippen LogP contribution in [-0.2, 0) is 13.6 Å². The van der Waals surface area contributed by atoms with E-state index < -0.39 is 0 Å². The van der Waals surface area contributed by atoms with Crippen LogP contribution < -0.4 is 5.32 Å². The molecule has 0 aliphatic heterocycles. The third-order valence-corrected chi connectivity index (χ3v) is 5.01. The van der Waals surface area contributed by atoms with Crippen LogP contribution in [0.15, 0.2) is 12.1 Å². The molecule has 3 heteroatoms. The number of hydrogen-bond acceptors (Lipinski definition) is 2. The SMILES string of the molecule is Cc1cc(C(C)NCc2cc(C)n(C)c2C)c(C)s1. The van der Waals surface area contributed by atoms with Gasteiger partial charge in [0.2, 0.25) is 0 Å². The lowest BCUT2D eigenvalue weighted by Crippen LogP contribution is -2.18. The largest absolute Gasteiger partial charge is 0.352 e. The molecule has 0 saturated carbocycles. The molecule has 0 aliphatic carbocycles. The van der Waals surface area contributed by atoms with Gasteiger partial charge in [0.1, 0.15) is 0 Å². The summed E-state index contributed by atoms with van der Waals surface area (Å²) in [7, 11) is 2.13. The molecule has 0 saturated heterocycles. The molecule has 0 fully saturated rings. The van der Waals surface area contributed by atoms with Crippen molar-refractivity contribution in [1.82, 2.24) is 9.88 Å². The molecule has 104 valence electrons. The van der Waals surface area contributed by atoms with Crippen LogP contribution in [-0.4, -0.2) is 4.57 Å². The maximum absolute atomic E-state index is 3.64. The minimum Gasteiger partial charge on any atom is -0.352 e. The van der Waals surface area contributed by atoms with Gasteiger partial charge in [0, 0.05) is 40.8 Å². The second-order valence-electron chi connectivity index (χ2n) is 5.43. The van der Waals surface area contributed by atoms with Crippen LogP contribution >= 0.6 is 11.3 Å². The fourth-order valence-electron chi connectivity index (χ4n) is 2.57. The maximum Gasteiger partial charge on any atom is 0.0305 e. The van der Waals surface area contributed by atoms with E-state index >= 15 is 0 Å². The minimum atomic E-state index is 0.407. The molecule has 1 N–H and O–H groups in total. The highest BCUT2D eigenvalue weighted by Gasteiger charge is 2.12. The maximum atomic E-state index is 3.64. The van der Waals surface area contributed by atoms with Crippen LogP contribution in [0.25, 0.3) is 0 Å².